The molecule has 2 aromatic carbocycles. The van der Waals surface area contributed by atoms with Crippen molar-refractivity contribution in [2.24, 2.45) is 0 Å². The van der Waals surface area contributed by atoms with Crippen LogP contribution in [0.15, 0.2) is 51.7 Å². The van der Waals surface area contributed by atoms with Gasteiger partial charge in [-0.25, -0.2) is 4.98 Å². The first kappa shape index (κ1) is 15.5. The van der Waals surface area contributed by atoms with E-state index in [2.05, 4.69) is 10.3 Å². The first-order valence-electron chi connectivity index (χ1n) is 7.73. The molecule has 4 rings (SSSR count). The maximum Gasteiger partial charge on any atom is 0.293 e. The van der Waals surface area contributed by atoms with Crippen molar-refractivity contribution in [1.82, 2.24) is 4.98 Å². The van der Waals surface area contributed by atoms with Crippen molar-refractivity contribution in [2.75, 3.05) is 5.32 Å². The van der Waals surface area contributed by atoms with Crippen molar-refractivity contribution < 1.29 is 9.21 Å². The highest BCUT2D eigenvalue weighted by Gasteiger charge is 2.15. The highest BCUT2D eigenvalue weighted by atomic mass is 32.1. The van der Waals surface area contributed by atoms with E-state index in [9.17, 15) is 9.59 Å². The summed E-state index contributed by atoms with van der Waals surface area (Å²) in [5, 5.41) is 3.64. The molecule has 0 bridgehead atoms. The van der Waals surface area contributed by atoms with E-state index in [1.54, 1.807) is 12.1 Å². The van der Waals surface area contributed by atoms with Crippen LogP contribution in [0, 0.1) is 13.8 Å². The Balaban J connectivity index is 1.69. The van der Waals surface area contributed by atoms with Crippen LogP contribution >= 0.6 is 11.3 Å². The number of fused-ring (bicyclic) bond motifs is 2. The monoisotopic (exact) mass is 350 g/mol. The first-order chi connectivity index (χ1) is 12.0. The van der Waals surface area contributed by atoms with Crippen molar-refractivity contribution in [3.05, 3.63) is 69.6 Å². The molecular formula is C19H14N2O3S. The predicted octanol–water partition coefficient (Wildman–Crippen LogP) is 4.27. The summed E-state index contributed by atoms with van der Waals surface area (Å²) in [5.41, 5.74) is 3.06. The third kappa shape index (κ3) is 2.92. The van der Waals surface area contributed by atoms with E-state index >= 15 is 0 Å². The third-order valence-electron chi connectivity index (χ3n) is 3.87. The van der Waals surface area contributed by atoms with Crippen LogP contribution < -0.4 is 10.7 Å². The Bertz CT molecular complexity index is 1190. The van der Waals surface area contributed by atoms with Crippen LogP contribution in [-0.2, 0) is 0 Å². The highest BCUT2D eigenvalue weighted by molar-refractivity contribution is 7.22. The molecule has 25 heavy (non-hydrogen) atoms. The van der Waals surface area contributed by atoms with Gasteiger partial charge in [0, 0.05) is 6.07 Å². The van der Waals surface area contributed by atoms with Crippen molar-refractivity contribution in [3.8, 4) is 0 Å². The summed E-state index contributed by atoms with van der Waals surface area (Å²) in [4.78, 5) is 29.1. The van der Waals surface area contributed by atoms with Gasteiger partial charge in [0.15, 0.2) is 16.3 Å². The van der Waals surface area contributed by atoms with Gasteiger partial charge >= 0.3 is 0 Å². The van der Waals surface area contributed by atoms with E-state index in [1.165, 1.54) is 17.4 Å². The average molecular weight is 350 g/mol. The lowest BCUT2D eigenvalue weighted by Gasteiger charge is -2.03. The van der Waals surface area contributed by atoms with Crippen molar-refractivity contribution in [3.63, 3.8) is 0 Å². The summed E-state index contributed by atoms with van der Waals surface area (Å²) >= 11 is 1.38. The number of rotatable bonds is 2. The lowest BCUT2D eigenvalue weighted by Crippen LogP contribution is -2.14. The van der Waals surface area contributed by atoms with Gasteiger partial charge in [-0.2, -0.15) is 0 Å². The van der Waals surface area contributed by atoms with Gasteiger partial charge in [0.05, 0.1) is 15.6 Å². The van der Waals surface area contributed by atoms with Crippen LogP contribution in [0.25, 0.3) is 21.2 Å². The zero-order chi connectivity index (χ0) is 17.6. The molecule has 124 valence electrons. The Hall–Kier alpha value is -2.99. The minimum atomic E-state index is -0.490. The number of hydrogen-bond acceptors (Lipinski definition) is 5. The van der Waals surface area contributed by atoms with E-state index in [1.807, 2.05) is 38.1 Å². The fraction of sp³-hybridized carbons (Fsp3) is 0.105. The smallest absolute Gasteiger partial charge is 0.293 e. The normalized spacial score (nSPS) is 11.1. The highest BCUT2D eigenvalue weighted by Crippen LogP contribution is 2.27. The first-order valence-corrected chi connectivity index (χ1v) is 8.54. The largest absolute Gasteiger partial charge is 0.451 e. The number of carbonyl (C=O) groups is 1. The zero-order valence-corrected chi connectivity index (χ0v) is 14.4. The Morgan fingerprint density at radius 2 is 1.84 bits per heavy atom. The van der Waals surface area contributed by atoms with Gasteiger partial charge in [-0.05, 0) is 43.7 Å². The maximum atomic E-state index is 12.4. The second kappa shape index (κ2) is 5.82. The molecule has 1 amide bonds. The second-order valence-corrected chi connectivity index (χ2v) is 6.95. The van der Waals surface area contributed by atoms with E-state index < -0.39 is 5.91 Å². The molecular weight excluding hydrogens is 336 g/mol. The van der Waals surface area contributed by atoms with Gasteiger partial charge in [-0.15, -0.1) is 0 Å². The molecule has 6 heteroatoms. The van der Waals surface area contributed by atoms with Crippen molar-refractivity contribution in [1.29, 1.82) is 0 Å². The van der Waals surface area contributed by atoms with Gasteiger partial charge in [-0.3, -0.25) is 14.9 Å². The van der Waals surface area contributed by atoms with Crippen LogP contribution in [-0.4, -0.2) is 10.9 Å². The number of amides is 1. The Morgan fingerprint density at radius 3 is 2.68 bits per heavy atom. The van der Waals surface area contributed by atoms with E-state index in [-0.39, 0.29) is 11.2 Å². The maximum absolute atomic E-state index is 12.4. The van der Waals surface area contributed by atoms with Crippen LogP contribution in [0.5, 0.6) is 0 Å². The minimum Gasteiger partial charge on any atom is -0.451 e. The standard InChI is InChI=1S/C19H14N2O3S/c1-10-4-6-15-12(7-10)14(22)9-16(24-15)18(23)21-19-20-13-5-3-11(2)8-17(13)25-19/h3-9H,1-2H3,(H,20,21,23). The molecule has 0 saturated carbocycles. The molecule has 5 nitrogen and oxygen atoms in total. The average Bonchev–Trinajstić information content (AvgIpc) is 2.96. The number of carbonyl (C=O) groups excluding carboxylic acids is 1. The van der Waals surface area contributed by atoms with Gasteiger partial charge in [0.2, 0.25) is 0 Å². The number of nitrogens with zero attached hydrogens (tertiary/aromatic N) is 1. The molecule has 1 N–H and O–H groups in total. The lowest BCUT2D eigenvalue weighted by atomic mass is 10.1. The molecule has 0 saturated heterocycles. The van der Waals surface area contributed by atoms with Gasteiger partial charge in [0.1, 0.15) is 5.58 Å². The van der Waals surface area contributed by atoms with E-state index in [0.717, 1.165) is 21.3 Å². The van der Waals surface area contributed by atoms with Crippen molar-refractivity contribution >= 4 is 43.6 Å². The molecule has 0 atom stereocenters. The molecule has 4 aromatic rings. The summed E-state index contributed by atoms with van der Waals surface area (Å²) in [6, 6.07) is 12.4. The summed E-state index contributed by atoms with van der Waals surface area (Å²) in [6.45, 7) is 3.90. The Kier molecular flexibility index (Phi) is 3.62. The molecule has 0 spiro atoms. The molecule has 0 aliphatic carbocycles. The molecule has 2 aromatic heterocycles. The number of anilines is 1. The molecule has 0 fully saturated rings. The summed E-state index contributed by atoms with van der Waals surface area (Å²) < 4.78 is 6.58. The van der Waals surface area contributed by atoms with Gasteiger partial charge in [-0.1, -0.05) is 29.0 Å². The number of aryl methyl sites for hydroxylation is 2. The number of thiazole rings is 1. The second-order valence-electron chi connectivity index (χ2n) is 5.92. The number of nitrogens with one attached hydrogen (secondary N) is 1. The quantitative estimate of drug-likeness (QED) is 0.586. The number of aromatic nitrogens is 1. The molecule has 0 aliphatic heterocycles. The van der Waals surface area contributed by atoms with Gasteiger partial charge < -0.3 is 4.42 Å². The SMILES string of the molecule is Cc1ccc2nc(NC(=O)c3cc(=O)c4cc(C)ccc4o3)sc2c1. The van der Waals surface area contributed by atoms with Crippen LogP contribution in [0.4, 0.5) is 5.13 Å². The molecule has 0 unspecified atom stereocenters. The Morgan fingerprint density at radius 1 is 1.08 bits per heavy atom. The summed E-state index contributed by atoms with van der Waals surface area (Å²) in [7, 11) is 0. The summed E-state index contributed by atoms with van der Waals surface area (Å²) in [5.74, 6) is -0.521. The fourth-order valence-corrected chi connectivity index (χ4v) is 3.59. The third-order valence-corrected chi connectivity index (χ3v) is 4.80. The van der Waals surface area contributed by atoms with E-state index in [4.69, 9.17) is 4.42 Å². The van der Waals surface area contributed by atoms with E-state index in [0.29, 0.717) is 16.1 Å². The lowest BCUT2D eigenvalue weighted by molar-refractivity contribution is 0.0997. The number of hydrogen-bond donors (Lipinski definition) is 1. The predicted molar refractivity (Wildman–Crippen MR) is 99.5 cm³/mol. The fourth-order valence-electron chi connectivity index (χ4n) is 2.63. The number of benzene rings is 2. The Labute approximate surface area is 146 Å². The minimum absolute atomic E-state index is 0.0308. The zero-order valence-electron chi connectivity index (χ0n) is 13.6. The molecule has 2 heterocycles. The van der Waals surface area contributed by atoms with Crippen LogP contribution in [0.1, 0.15) is 21.7 Å². The van der Waals surface area contributed by atoms with Crippen molar-refractivity contribution in [2.45, 2.75) is 13.8 Å². The molecule has 0 aliphatic rings. The topological polar surface area (TPSA) is 72.2 Å². The van der Waals surface area contributed by atoms with Crippen LogP contribution in [0.3, 0.4) is 0 Å². The van der Waals surface area contributed by atoms with Crippen LogP contribution in [0.2, 0.25) is 0 Å². The van der Waals surface area contributed by atoms with Gasteiger partial charge in [0.25, 0.3) is 5.91 Å². The summed E-state index contributed by atoms with van der Waals surface area (Å²) in [6.07, 6.45) is 0. The molecule has 0 radical (unpaired) electrons.